The molecule has 5 nitrogen and oxygen atoms in total. The number of halogens is 1. The second-order valence-electron chi connectivity index (χ2n) is 7.98. The molecule has 0 unspecified atom stereocenters. The number of nitrogens with one attached hydrogen (secondary N) is 1. The fourth-order valence-corrected chi connectivity index (χ4v) is 3.27. The molecule has 1 atom stereocenters. The van der Waals surface area contributed by atoms with Gasteiger partial charge in [0.05, 0.1) is 0 Å². The summed E-state index contributed by atoms with van der Waals surface area (Å²) in [6.07, 6.45) is 0. The van der Waals surface area contributed by atoms with Gasteiger partial charge in [-0.2, -0.15) is 0 Å². The molecule has 2 aromatic rings. The zero-order valence-electron chi connectivity index (χ0n) is 17.7. The van der Waals surface area contributed by atoms with Crippen molar-refractivity contribution < 1.29 is 14.3 Å². The van der Waals surface area contributed by atoms with E-state index in [-0.39, 0.29) is 30.4 Å². The molecule has 0 fully saturated rings. The molecule has 0 bridgehead atoms. The van der Waals surface area contributed by atoms with Crippen molar-refractivity contribution in [2.24, 2.45) is 0 Å². The van der Waals surface area contributed by atoms with E-state index in [1.165, 1.54) is 4.90 Å². The lowest BCUT2D eigenvalue weighted by Crippen LogP contribution is -2.48. The van der Waals surface area contributed by atoms with E-state index in [0.717, 1.165) is 11.1 Å². The van der Waals surface area contributed by atoms with Crippen LogP contribution in [0.25, 0.3) is 0 Å². The zero-order chi connectivity index (χ0) is 21.6. The molecule has 0 heterocycles. The molecule has 0 aliphatic carbocycles. The molecule has 2 rings (SSSR count). The lowest BCUT2D eigenvalue weighted by molar-refractivity contribution is -0.142. The highest BCUT2D eigenvalue weighted by Crippen LogP contribution is 2.31. The first-order valence-corrected chi connectivity index (χ1v) is 9.99. The number of para-hydroxylation sites is 1. The summed E-state index contributed by atoms with van der Waals surface area (Å²) < 4.78 is 5.88. The summed E-state index contributed by atoms with van der Waals surface area (Å²) in [4.78, 5) is 26.7. The van der Waals surface area contributed by atoms with Crippen molar-refractivity contribution in [3.8, 4) is 5.75 Å². The van der Waals surface area contributed by atoms with E-state index in [1.54, 1.807) is 26.1 Å². The van der Waals surface area contributed by atoms with Gasteiger partial charge in [-0.1, -0.05) is 62.7 Å². The molecule has 2 amide bonds. The van der Waals surface area contributed by atoms with Gasteiger partial charge in [0.25, 0.3) is 5.91 Å². The third-order valence-corrected chi connectivity index (χ3v) is 4.94. The Labute approximate surface area is 178 Å². The second kappa shape index (κ2) is 9.79. The molecule has 0 saturated carbocycles. The smallest absolute Gasteiger partial charge is 0.261 e. The van der Waals surface area contributed by atoms with Crippen molar-refractivity contribution in [3.63, 3.8) is 0 Å². The molecule has 1 N–H and O–H groups in total. The highest BCUT2D eigenvalue weighted by Gasteiger charge is 2.26. The summed E-state index contributed by atoms with van der Waals surface area (Å²) in [6.45, 7) is 8.08. The van der Waals surface area contributed by atoms with Crippen LogP contribution < -0.4 is 10.1 Å². The Bertz CT molecular complexity index is 861. The second-order valence-corrected chi connectivity index (χ2v) is 8.41. The minimum atomic E-state index is -0.645. The Morgan fingerprint density at radius 2 is 1.83 bits per heavy atom. The average molecular weight is 417 g/mol. The molecule has 156 valence electrons. The van der Waals surface area contributed by atoms with Gasteiger partial charge in [0.1, 0.15) is 11.8 Å². The molecule has 0 aliphatic rings. The van der Waals surface area contributed by atoms with Crippen LogP contribution in [0.3, 0.4) is 0 Å². The van der Waals surface area contributed by atoms with Crippen molar-refractivity contribution in [1.29, 1.82) is 0 Å². The summed E-state index contributed by atoms with van der Waals surface area (Å²) >= 11 is 6.07. The number of carbonyl (C=O) groups excluding carboxylic acids is 2. The average Bonchev–Trinajstić information content (AvgIpc) is 2.68. The van der Waals surface area contributed by atoms with Crippen LogP contribution in [0.2, 0.25) is 5.02 Å². The van der Waals surface area contributed by atoms with Gasteiger partial charge in [-0.05, 0) is 41.7 Å². The van der Waals surface area contributed by atoms with Gasteiger partial charge in [-0.25, -0.2) is 0 Å². The van der Waals surface area contributed by atoms with Crippen molar-refractivity contribution in [2.75, 3.05) is 13.7 Å². The van der Waals surface area contributed by atoms with Gasteiger partial charge >= 0.3 is 0 Å². The maximum Gasteiger partial charge on any atom is 0.261 e. The Morgan fingerprint density at radius 3 is 2.45 bits per heavy atom. The van der Waals surface area contributed by atoms with Crippen LogP contribution in [0.15, 0.2) is 48.5 Å². The van der Waals surface area contributed by atoms with Crippen LogP contribution in [-0.4, -0.2) is 36.4 Å². The van der Waals surface area contributed by atoms with Crippen LogP contribution in [0, 0.1) is 0 Å². The van der Waals surface area contributed by atoms with E-state index in [9.17, 15) is 9.59 Å². The Balaban J connectivity index is 2.21. The van der Waals surface area contributed by atoms with E-state index in [2.05, 4.69) is 26.1 Å². The fraction of sp³-hybridized carbons (Fsp3) is 0.391. The van der Waals surface area contributed by atoms with E-state index in [1.807, 2.05) is 36.4 Å². The highest BCUT2D eigenvalue weighted by atomic mass is 35.5. The van der Waals surface area contributed by atoms with E-state index >= 15 is 0 Å². The third-order valence-electron chi connectivity index (χ3n) is 4.70. The summed E-state index contributed by atoms with van der Waals surface area (Å²) in [7, 11) is 1.55. The maximum absolute atomic E-state index is 13.0. The number of likely N-dealkylation sites (N-methyl/N-ethyl adjacent to an activating group) is 1. The SMILES string of the molecule is CNC(=O)[C@@H](C)N(Cc1cccc(Cl)c1)C(=O)COc1ccccc1C(C)(C)C. The monoisotopic (exact) mass is 416 g/mol. The van der Waals surface area contributed by atoms with E-state index < -0.39 is 6.04 Å². The third kappa shape index (κ3) is 6.23. The topological polar surface area (TPSA) is 58.6 Å². The fourth-order valence-electron chi connectivity index (χ4n) is 3.06. The number of carbonyl (C=O) groups is 2. The molecular weight excluding hydrogens is 388 g/mol. The first-order valence-electron chi connectivity index (χ1n) is 9.61. The van der Waals surface area contributed by atoms with Gasteiger partial charge in [0, 0.05) is 18.6 Å². The standard InChI is InChI=1S/C23H29ClN2O3/c1-16(22(28)25-5)26(14-17-9-8-10-18(24)13-17)21(27)15-29-20-12-7-6-11-19(20)23(2,3)4/h6-13,16H,14-15H2,1-5H3,(H,25,28)/t16-/m1/s1. The first kappa shape index (κ1) is 22.8. The van der Waals surface area contributed by atoms with E-state index in [0.29, 0.717) is 10.8 Å². The number of nitrogens with zero attached hydrogens (tertiary/aromatic N) is 1. The number of hydrogen-bond acceptors (Lipinski definition) is 3. The van der Waals surface area contributed by atoms with Crippen molar-refractivity contribution in [3.05, 3.63) is 64.7 Å². The van der Waals surface area contributed by atoms with Crippen LogP contribution in [0.4, 0.5) is 0 Å². The lowest BCUT2D eigenvalue weighted by Gasteiger charge is -2.29. The predicted molar refractivity (Wildman–Crippen MR) is 116 cm³/mol. The molecule has 0 aromatic heterocycles. The van der Waals surface area contributed by atoms with Crippen LogP contribution in [0.5, 0.6) is 5.75 Å². The predicted octanol–water partition coefficient (Wildman–Crippen LogP) is 4.18. The maximum atomic E-state index is 13.0. The minimum absolute atomic E-state index is 0.116. The molecule has 0 saturated heterocycles. The van der Waals surface area contributed by atoms with Crippen LogP contribution >= 0.6 is 11.6 Å². The zero-order valence-corrected chi connectivity index (χ0v) is 18.4. The van der Waals surface area contributed by atoms with Gasteiger partial charge < -0.3 is 15.0 Å². The van der Waals surface area contributed by atoms with Crippen LogP contribution in [-0.2, 0) is 21.5 Å². The summed E-state index contributed by atoms with van der Waals surface area (Å²) in [5.74, 6) is 0.156. The molecule has 0 spiro atoms. The van der Waals surface area contributed by atoms with Crippen molar-refractivity contribution in [2.45, 2.75) is 45.7 Å². The number of benzene rings is 2. The number of rotatable bonds is 7. The highest BCUT2D eigenvalue weighted by molar-refractivity contribution is 6.30. The minimum Gasteiger partial charge on any atom is -0.483 e. The molecular formula is C23H29ClN2O3. The normalized spacial score (nSPS) is 12.2. The van der Waals surface area contributed by atoms with Gasteiger partial charge in [-0.15, -0.1) is 0 Å². The molecule has 0 aliphatic heterocycles. The van der Waals surface area contributed by atoms with Gasteiger partial charge in [0.2, 0.25) is 5.91 Å². The lowest BCUT2D eigenvalue weighted by atomic mass is 9.86. The Kier molecular flexibility index (Phi) is 7.68. The molecule has 0 radical (unpaired) electrons. The molecule has 29 heavy (non-hydrogen) atoms. The Morgan fingerprint density at radius 1 is 1.14 bits per heavy atom. The molecule has 2 aromatic carbocycles. The number of hydrogen-bond donors (Lipinski definition) is 1. The van der Waals surface area contributed by atoms with Crippen molar-refractivity contribution in [1.82, 2.24) is 10.2 Å². The van der Waals surface area contributed by atoms with Crippen LogP contribution in [0.1, 0.15) is 38.8 Å². The van der Waals surface area contributed by atoms with Gasteiger partial charge in [0.15, 0.2) is 6.61 Å². The number of amides is 2. The molecule has 6 heteroatoms. The first-order chi connectivity index (χ1) is 13.6. The Hall–Kier alpha value is -2.53. The van der Waals surface area contributed by atoms with Crippen molar-refractivity contribution >= 4 is 23.4 Å². The largest absolute Gasteiger partial charge is 0.483 e. The summed E-state index contributed by atoms with van der Waals surface area (Å²) in [5.41, 5.74) is 1.75. The summed E-state index contributed by atoms with van der Waals surface area (Å²) in [5, 5.41) is 3.18. The summed E-state index contributed by atoms with van der Waals surface area (Å²) in [6, 6.07) is 14.3. The number of ether oxygens (including phenoxy) is 1. The van der Waals surface area contributed by atoms with Gasteiger partial charge in [-0.3, -0.25) is 9.59 Å². The quantitative estimate of drug-likeness (QED) is 0.736. The van der Waals surface area contributed by atoms with E-state index in [4.69, 9.17) is 16.3 Å².